The molecular formula is C15H28O. The molecule has 94 valence electrons. The van der Waals surface area contributed by atoms with Crippen LogP contribution >= 0.6 is 0 Å². The van der Waals surface area contributed by atoms with E-state index in [9.17, 15) is 5.11 Å². The highest BCUT2D eigenvalue weighted by Crippen LogP contribution is 2.70. The van der Waals surface area contributed by atoms with Crippen molar-refractivity contribution in [2.45, 2.75) is 72.3 Å². The van der Waals surface area contributed by atoms with Crippen LogP contribution in [0.4, 0.5) is 0 Å². The summed E-state index contributed by atoms with van der Waals surface area (Å²) in [4.78, 5) is 0. The minimum absolute atomic E-state index is 0.0619. The van der Waals surface area contributed by atoms with Crippen LogP contribution in [0.25, 0.3) is 0 Å². The molecule has 2 saturated carbocycles. The summed E-state index contributed by atoms with van der Waals surface area (Å²) in [5, 5.41) is 10.4. The lowest BCUT2D eigenvalue weighted by molar-refractivity contribution is 0.0922. The number of hydrogen-bond acceptors (Lipinski definition) is 1. The molecule has 2 fully saturated rings. The standard InChI is InChI=1S/C15H28O/c1-14(2)13(15(14,3)4)12(16)10-11-8-6-5-7-9-11/h11-13,16H,5-10H2,1-4H3. The predicted molar refractivity (Wildman–Crippen MR) is 68.3 cm³/mol. The average Bonchev–Trinajstić information content (AvgIpc) is 2.58. The van der Waals surface area contributed by atoms with Crippen LogP contribution < -0.4 is 0 Å². The van der Waals surface area contributed by atoms with Crippen molar-refractivity contribution in [3.05, 3.63) is 0 Å². The Morgan fingerprint density at radius 1 is 1.00 bits per heavy atom. The summed E-state index contributed by atoms with van der Waals surface area (Å²) in [7, 11) is 0. The Morgan fingerprint density at radius 2 is 1.50 bits per heavy atom. The highest BCUT2D eigenvalue weighted by molar-refractivity contribution is 5.14. The van der Waals surface area contributed by atoms with E-state index in [1.54, 1.807) is 0 Å². The Balaban J connectivity index is 1.87. The van der Waals surface area contributed by atoms with Gasteiger partial charge in [-0.05, 0) is 29.1 Å². The van der Waals surface area contributed by atoms with Gasteiger partial charge in [-0.1, -0.05) is 59.8 Å². The monoisotopic (exact) mass is 224 g/mol. The fraction of sp³-hybridized carbons (Fsp3) is 1.00. The zero-order valence-corrected chi connectivity index (χ0v) is 11.4. The van der Waals surface area contributed by atoms with Gasteiger partial charge in [-0.15, -0.1) is 0 Å². The van der Waals surface area contributed by atoms with Crippen LogP contribution in [-0.4, -0.2) is 11.2 Å². The third-order valence-electron chi connectivity index (χ3n) is 5.82. The molecule has 0 aliphatic heterocycles. The first kappa shape index (κ1) is 12.4. The largest absolute Gasteiger partial charge is 0.393 e. The summed E-state index contributed by atoms with van der Waals surface area (Å²) < 4.78 is 0. The zero-order chi connectivity index (χ0) is 12.0. The van der Waals surface area contributed by atoms with Gasteiger partial charge in [0.1, 0.15) is 0 Å². The van der Waals surface area contributed by atoms with Gasteiger partial charge in [-0.2, -0.15) is 0 Å². The van der Waals surface area contributed by atoms with Crippen LogP contribution in [0.5, 0.6) is 0 Å². The van der Waals surface area contributed by atoms with E-state index in [4.69, 9.17) is 0 Å². The molecule has 0 spiro atoms. The molecule has 16 heavy (non-hydrogen) atoms. The van der Waals surface area contributed by atoms with Gasteiger partial charge in [-0.25, -0.2) is 0 Å². The lowest BCUT2D eigenvalue weighted by Gasteiger charge is -2.24. The lowest BCUT2D eigenvalue weighted by atomic mass is 9.84. The maximum atomic E-state index is 10.4. The highest BCUT2D eigenvalue weighted by Gasteiger charge is 2.66. The summed E-state index contributed by atoms with van der Waals surface area (Å²) in [6, 6.07) is 0. The first-order valence-corrected chi connectivity index (χ1v) is 7.05. The Morgan fingerprint density at radius 3 is 1.94 bits per heavy atom. The molecule has 1 atom stereocenters. The van der Waals surface area contributed by atoms with Crippen molar-refractivity contribution in [2.75, 3.05) is 0 Å². The van der Waals surface area contributed by atoms with Crippen molar-refractivity contribution in [3.8, 4) is 0 Å². The van der Waals surface area contributed by atoms with Gasteiger partial charge < -0.3 is 5.11 Å². The van der Waals surface area contributed by atoms with E-state index in [1.807, 2.05) is 0 Å². The van der Waals surface area contributed by atoms with Crippen molar-refractivity contribution in [1.29, 1.82) is 0 Å². The van der Waals surface area contributed by atoms with Crippen molar-refractivity contribution in [2.24, 2.45) is 22.7 Å². The van der Waals surface area contributed by atoms with Crippen molar-refractivity contribution in [3.63, 3.8) is 0 Å². The van der Waals surface area contributed by atoms with Crippen molar-refractivity contribution in [1.82, 2.24) is 0 Å². The van der Waals surface area contributed by atoms with Gasteiger partial charge in [0.05, 0.1) is 6.10 Å². The normalized spacial score (nSPS) is 31.3. The quantitative estimate of drug-likeness (QED) is 0.768. The number of rotatable bonds is 3. The van der Waals surface area contributed by atoms with E-state index in [2.05, 4.69) is 27.7 Å². The van der Waals surface area contributed by atoms with Crippen molar-refractivity contribution >= 4 is 0 Å². The molecule has 1 unspecified atom stereocenters. The lowest BCUT2D eigenvalue weighted by Crippen LogP contribution is -2.20. The topological polar surface area (TPSA) is 20.2 Å². The van der Waals surface area contributed by atoms with Gasteiger partial charge in [0.2, 0.25) is 0 Å². The maximum absolute atomic E-state index is 10.4. The predicted octanol–water partition coefficient (Wildman–Crippen LogP) is 4.00. The van der Waals surface area contributed by atoms with Crippen LogP contribution in [0.1, 0.15) is 66.2 Å². The molecule has 2 rings (SSSR count). The SMILES string of the molecule is CC1(C)C(C(O)CC2CCCCC2)C1(C)C. The molecule has 1 N–H and O–H groups in total. The second-order valence-electron chi connectivity index (χ2n) is 7.23. The second-order valence-corrected chi connectivity index (χ2v) is 7.23. The van der Waals surface area contributed by atoms with Crippen molar-refractivity contribution < 1.29 is 5.11 Å². The van der Waals surface area contributed by atoms with Gasteiger partial charge in [0.25, 0.3) is 0 Å². The molecule has 0 saturated heterocycles. The Labute approximate surface area is 101 Å². The van der Waals surface area contributed by atoms with E-state index in [-0.39, 0.29) is 6.10 Å². The van der Waals surface area contributed by atoms with Crippen LogP contribution in [-0.2, 0) is 0 Å². The Hall–Kier alpha value is -0.0400. The average molecular weight is 224 g/mol. The van der Waals surface area contributed by atoms with Crippen LogP contribution in [0.3, 0.4) is 0 Å². The van der Waals surface area contributed by atoms with E-state index in [0.717, 1.165) is 12.3 Å². The molecule has 1 heteroatoms. The molecule has 2 aliphatic carbocycles. The second kappa shape index (κ2) is 4.01. The Kier molecular flexibility index (Phi) is 3.11. The van der Waals surface area contributed by atoms with Crippen LogP contribution in [0, 0.1) is 22.7 Å². The molecule has 0 radical (unpaired) electrons. The molecule has 0 aromatic heterocycles. The molecule has 0 amide bonds. The summed E-state index contributed by atoms with van der Waals surface area (Å²) in [6.07, 6.45) is 7.87. The van der Waals surface area contributed by atoms with Crippen LogP contribution in [0.15, 0.2) is 0 Å². The van der Waals surface area contributed by atoms with E-state index < -0.39 is 0 Å². The van der Waals surface area contributed by atoms with Gasteiger partial charge in [0, 0.05) is 0 Å². The maximum Gasteiger partial charge on any atom is 0.0581 e. The summed E-state index contributed by atoms with van der Waals surface area (Å²) in [6.45, 7) is 9.23. The minimum atomic E-state index is -0.0619. The first-order chi connectivity index (χ1) is 7.37. The molecule has 0 bridgehead atoms. The summed E-state index contributed by atoms with van der Waals surface area (Å²) >= 11 is 0. The molecule has 0 aromatic rings. The number of hydrogen-bond donors (Lipinski definition) is 1. The molecular weight excluding hydrogens is 196 g/mol. The van der Waals surface area contributed by atoms with Gasteiger partial charge >= 0.3 is 0 Å². The third-order valence-corrected chi connectivity index (χ3v) is 5.82. The molecule has 1 nitrogen and oxygen atoms in total. The minimum Gasteiger partial charge on any atom is -0.393 e. The highest BCUT2D eigenvalue weighted by atomic mass is 16.3. The first-order valence-electron chi connectivity index (χ1n) is 7.05. The van der Waals surface area contributed by atoms with E-state index >= 15 is 0 Å². The summed E-state index contributed by atoms with van der Waals surface area (Å²) in [5.74, 6) is 1.32. The fourth-order valence-corrected chi connectivity index (χ4v) is 4.11. The number of aliphatic hydroxyl groups is 1. The fourth-order valence-electron chi connectivity index (χ4n) is 4.11. The van der Waals surface area contributed by atoms with Crippen LogP contribution in [0.2, 0.25) is 0 Å². The number of aliphatic hydroxyl groups excluding tert-OH is 1. The van der Waals surface area contributed by atoms with Gasteiger partial charge in [0.15, 0.2) is 0 Å². The Bertz CT molecular complexity index is 234. The zero-order valence-electron chi connectivity index (χ0n) is 11.4. The molecule has 0 aromatic carbocycles. The third kappa shape index (κ3) is 1.92. The molecule has 2 aliphatic rings. The molecule has 0 heterocycles. The van der Waals surface area contributed by atoms with Gasteiger partial charge in [-0.3, -0.25) is 0 Å². The van der Waals surface area contributed by atoms with E-state index in [1.165, 1.54) is 32.1 Å². The smallest absolute Gasteiger partial charge is 0.0581 e. The van der Waals surface area contributed by atoms with E-state index in [0.29, 0.717) is 16.7 Å². The summed E-state index contributed by atoms with van der Waals surface area (Å²) in [5.41, 5.74) is 0.669.